The maximum Gasteiger partial charge on any atom is 0.0558 e. The molecule has 2 rings (SSSR count). The van der Waals surface area contributed by atoms with Gasteiger partial charge in [-0.15, -0.1) is 0 Å². The maximum atomic E-state index is 9.08. The van der Waals surface area contributed by atoms with Crippen molar-refractivity contribution in [1.29, 1.82) is 0 Å². The minimum atomic E-state index is 0.243. The first-order chi connectivity index (χ1) is 10.3. The average molecular weight is 283 g/mol. The van der Waals surface area contributed by atoms with Crippen LogP contribution in [0.25, 0.3) is 11.1 Å². The van der Waals surface area contributed by atoms with Crippen LogP contribution in [-0.4, -0.2) is 36.2 Å². The molecule has 0 bridgehead atoms. The van der Waals surface area contributed by atoms with Crippen LogP contribution in [0.15, 0.2) is 54.6 Å². The summed E-state index contributed by atoms with van der Waals surface area (Å²) in [5.41, 5.74) is 3.88. The molecule has 0 aliphatic carbocycles. The molecule has 0 radical (unpaired) electrons. The Morgan fingerprint density at radius 1 is 0.810 bits per heavy atom. The van der Waals surface area contributed by atoms with Crippen LogP contribution >= 0.6 is 0 Å². The minimum absolute atomic E-state index is 0.243. The van der Waals surface area contributed by atoms with Crippen LogP contribution in [0, 0.1) is 0 Å². The van der Waals surface area contributed by atoms with E-state index in [0.29, 0.717) is 0 Å². The average Bonchev–Trinajstić information content (AvgIpc) is 2.54. The topological polar surface area (TPSA) is 23.5 Å². The van der Waals surface area contributed by atoms with E-state index in [1.54, 1.807) is 0 Å². The number of aliphatic hydroxyl groups is 1. The lowest BCUT2D eigenvalue weighted by atomic mass is 10.0. The molecule has 0 aromatic heterocycles. The highest BCUT2D eigenvalue weighted by Crippen LogP contribution is 2.19. The SMILES string of the molecule is CCCN(CCO)CCc1ccc(-c2ccccc2)cc1. The Kier molecular flexibility index (Phi) is 6.45. The summed E-state index contributed by atoms with van der Waals surface area (Å²) in [5, 5.41) is 9.08. The summed E-state index contributed by atoms with van der Waals surface area (Å²) >= 11 is 0. The van der Waals surface area contributed by atoms with Gasteiger partial charge in [0.15, 0.2) is 0 Å². The number of nitrogens with zero attached hydrogens (tertiary/aromatic N) is 1. The predicted octanol–water partition coefficient (Wildman–Crippen LogP) is 3.60. The van der Waals surface area contributed by atoms with Gasteiger partial charge in [-0.3, -0.25) is 0 Å². The maximum absolute atomic E-state index is 9.08. The highest BCUT2D eigenvalue weighted by molar-refractivity contribution is 5.63. The van der Waals surface area contributed by atoms with Crippen molar-refractivity contribution >= 4 is 0 Å². The van der Waals surface area contributed by atoms with Crippen molar-refractivity contribution in [2.75, 3.05) is 26.2 Å². The Balaban J connectivity index is 1.93. The van der Waals surface area contributed by atoms with Gasteiger partial charge in [0.1, 0.15) is 0 Å². The lowest BCUT2D eigenvalue weighted by Gasteiger charge is -2.20. The Hall–Kier alpha value is -1.64. The Morgan fingerprint density at radius 2 is 1.48 bits per heavy atom. The summed E-state index contributed by atoms with van der Waals surface area (Å²) in [6.45, 7) is 5.27. The zero-order valence-corrected chi connectivity index (χ0v) is 12.8. The molecule has 0 aliphatic heterocycles. The summed E-state index contributed by atoms with van der Waals surface area (Å²) in [4.78, 5) is 2.32. The number of aliphatic hydroxyl groups excluding tert-OH is 1. The largest absolute Gasteiger partial charge is 0.395 e. The first-order valence-electron chi connectivity index (χ1n) is 7.81. The molecule has 2 nitrogen and oxygen atoms in total. The van der Waals surface area contributed by atoms with E-state index in [0.717, 1.165) is 32.5 Å². The molecule has 0 atom stereocenters. The van der Waals surface area contributed by atoms with Crippen molar-refractivity contribution in [2.45, 2.75) is 19.8 Å². The van der Waals surface area contributed by atoms with Gasteiger partial charge in [-0.25, -0.2) is 0 Å². The van der Waals surface area contributed by atoms with Crippen molar-refractivity contribution in [3.05, 3.63) is 60.2 Å². The second kappa shape index (κ2) is 8.60. The van der Waals surface area contributed by atoms with Crippen LogP contribution < -0.4 is 0 Å². The second-order valence-electron chi connectivity index (χ2n) is 5.38. The molecule has 0 saturated heterocycles. The van der Waals surface area contributed by atoms with Gasteiger partial charge in [-0.2, -0.15) is 0 Å². The molecule has 0 heterocycles. The van der Waals surface area contributed by atoms with Gasteiger partial charge in [0, 0.05) is 13.1 Å². The molecular formula is C19H25NO. The van der Waals surface area contributed by atoms with Gasteiger partial charge in [0.25, 0.3) is 0 Å². The minimum Gasteiger partial charge on any atom is -0.395 e. The van der Waals surface area contributed by atoms with Crippen molar-refractivity contribution in [3.8, 4) is 11.1 Å². The van der Waals surface area contributed by atoms with E-state index >= 15 is 0 Å². The third kappa shape index (κ3) is 5.00. The second-order valence-corrected chi connectivity index (χ2v) is 5.38. The molecule has 2 heteroatoms. The Bertz CT molecular complexity index is 501. The molecule has 2 aromatic rings. The normalized spacial score (nSPS) is 11.0. The van der Waals surface area contributed by atoms with Gasteiger partial charge < -0.3 is 10.0 Å². The Labute approximate surface area is 128 Å². The fourth-order valence-corrected chi connectivity index (χ4v) is 2.57. The van der Waals surface area contributed by atoms with E-state index in [2.05, 4.69) is 60.4 Å². The van der Waals surface area contributed by atoms with E-state index in [1.807, 2.05) is 6.07 Å². The van der Waals surface area contributed by atoms with Gasteiger partial charge >= 0.3 is 0 Å². The van der Waals surface area contributed by atoms with Crippen LogP contribution in [0.2, 0.25) is 0 Å². The molecular weight excluding hydrogens is 258 g/mol. The highest BCUT2D eigenvalue weighted by Gasteiger charge is 2.04. The van der Waals surface area contributed by atoms with Crippen molar-refractivity contribution in [3.63, 3.8) is 0 Å². The molecule has 2 aromatic carbocycles. The zero-order valence-electron chi connectivity index (χ0n) is 12.8. The number of rotatable bonds is 8. The van der Waals surface area contributed by atoms with Crippen LogP contribution in [0.1, 0.15) is 18.9 Å². The molecule has 21 heavy (non-hydrogen) atoms. The monoisotopic (exact) mass is 283 g/mol. The van der Waals surface area contributed by atoms with E-state index in [1.165, 1.54) is 16.7 Å². The molecule has 0 fully saturated rings. The highest BCUT2D eigenvalue weighted by atomic mass is 16.3. The van der Waals surface area contributed by atoms with Crippen molar-refractivity contribution in [1.82, 2.24) is 4.90 Å². The van der Waals surface area contributed by atoms with Crippen molar-refractivity contribution in [2.24, 2.45) is 0 Å². The third-order valence-corrected chi connectivity index (χ3v) is 3.73. The summed E-state index contributed by atoms with van der Waals surface area (Å²) < 4.78 is 0. The third-order valence-electron chi connectivity index (χ3n) is 3.73. The lowest BCUT2D eigenvalue weighted by molar-refractivity contribution is 0.197. The van der Waals surface area contributed by atoms with E-state index in [9.17, 15) is 0 Å². The fourth-order valence-electron chi connectivity index (χ4n) is 2.57. The Morgan fingerprint density at radius 3 is 2.10 bits per heavy atom. The van der Waals surface area contributed by atoms with Crippen molar-refractivity contribution < 1.29 is 5.11 Å². The number of hydrogen-bond acceptors (Lipinski definition) is 2. The van der Waals surface area contributed by atoms with Gasteiger partial charge in [-0.1, -0.05) is 61.5 Å². The number of hydrogen-bond donors (Lipinski definition) is 1. The van der Waals surface area contributed by atoms with E-state index < -0.39 is 0 Å². The molecule has 0 unspecified atom stereocenters. The lowest BCUT2D eigenvalue weighted by Crippen LogP contribution is -2.29. The first-order valence-corrected chi connectivity index (χ1v) is 7.81. The predicted molar refractivity (Wildman–Crippen MR) is 89.4 cm³/mol. The van der Waals surface area contributed by atoms with E-state index in [4.69, 9.17) is 5.11 Å². The number of benzene rings is 2. The van der Waals surface area contributed by atoms with Gasteiger partial charge in [-0.05, 0) is 36.1 Å². The summed E-state index contributed by atoms with van der Waals surface area (Å²) in [5.74, 6) is 0. The van der Waals surface area contributed by atoms with E-state index in [-0.39, 0.29) is 6.61 Å². The molecule has 1 N–H and O–H groups in total. The molecule has 0 saturated carbocycles. The summed E-state index contributed by atoms with van der Waals surface area (Å²) in [6, 6.07) is 19.3. The first kappa shape index (κ1) is 15.7. The zero-order chi connectivity index (χ0) is 14.9. The van der Waals surface area contributed by atoms with Gasteiger partial charge in [0.2, 0.25) is 0 Å². The molecule has 0 aliphatic rings. The van der Waals surface area contributed by atoms with Gasteiger partial charge in [0.05, 0.1) is 6.61 Å². The molecule has 0 spiro atoms. The molecule has 112 valence electrons. The smallest absolute Gasteiger partial charge is 0.0558 e. The van der Waals surface area contributed by atoms with Crippen LogP contribution in [-0.2, 0) is 6.42 Å². The quantitative estimate of drug-likeness (QED) is 0.800. The van der Waals surface area contributed by atoms with Crippen LogP contribution in [0.3, 0.4) is 0 Å². The van der Waals surface area contributed by atoms with Crippen LogP contribution in [0.4, 0.5) is 0 Å². The standard InChI is InChI=1S/C19H25NO/c1-2-13-20(15-16-21)14-12-17-8-10-19(11-9-17)18-6-4-3-5-7-18/h3-11,21H,2,12-16H2,1H3. The van der Waals surface area contributed by atoms with Crippen LogP contribution in [0.5, 0.6) is 0 Å². The fraction of sp³-hybridized carbons (Fsp3) is 0.368. The molecule has 0 amide bonds. The summed E-state index contributed by atoms with van der Waals surface area (Å²) in [6.07, 6.45) is 2.17. The summed E-state index contributed by atoms with van der Waals surface area (Å²) in [7, 11) is 0.